The van der Waals surface area contributed by atoms with Crippen molar-refractivity contribution in [3.63, 3.8) is 0 Å². The van der Waals surface area contributed by atoms with Crippen LogP contribution in [0.2, 0.25) is 0 Å². The summed E-state index contributed by atoms with van der Waals surface area (Å²) in [6, 6.07) is 0.404. The Labute approximate surface area is 101 Å². The SMILES string of the molecule is CCCC(C)NCC(C)S(=O)(=O)CC(C)C. The average molecular weight is 249 g/mol. The zero-order valence-electron chi connectivity index (χ0n) is 11.3. The van der Waals surface area contributed by atoms with E-state index in [-0.39, 0.29) is 16.9 Å². The molecular formula is C12H27NO2S. The van der Waals surface area contributed by atoms with Gasteiger partial charge in [0.2, 0.25) is 0 Å². The predicted octanol–water partition coefficient (Wildman–Crippen LogP) is 2.22. The zero-order chi connectivity index (χ0) is 12.8. The molecule has 98 valence electrons. The van der Waals surface area contributed by atoms with E-state index >= 15 is 0 Å². The van der Waals surface area contributed by atoms with Crippen LogP contribution in [-0.4, -0.2) is 32.0 Å². The van der Waals surface area contributed by atoms with Gasteiger partial charge < -0.3 is 5.32 Å². The Morgan fingerprint density at radius 3 is 2.12 bits per heavy atom. The summed E-state index contributed by atoms with van der Waals surface area (Å²) in [6.07, 6.45) is 2.22. The van der Waals surface area contributed by atoms with Gasteiger partial charge in [-0.15, -0.1) is 0 Å². The summed E-state index contributed by atoms with van der Waals surface area (Å²) in [5.41, 5.74) is 0. The molecule has 0 aromatic heterocycles. The maximum Gasteiger partial charge on any atom is 0.154 e. The van der Waals surface area contributed by atoms with Crippen LogP contribution in [0, 0.1) is 5.92 Å². The highest BCUT2D eigenvalue weighted by Crippen LogP contribution is 2.07. The van der Waals surface area contributed by atoms with Crippen LogP contribution >= 0.6 is 0 Å². The van der Waals surface area contributed by atoms with Crippen LogP contribution in [0.1, 0.15) is 47.5 Å². The molecule has 0 aromatic rings. The molecule has 0 bridgehead atoms. The first-order chi connectivity index (χ1) is 7.29. The normalized spacial score (nSPS) is 16.4. The average Bonchev–Trinajstić information content (AvgIpc) is 2.12. The smallest absolute Gasteiger partial charge is 0.154 e. The molecular weight excluding hydrogens is 222 g/mol. The molecule has 0 aliphatic rings. The molecule has 16 heavy (non-hydrogen) atoms. The minimum absolute atomic E-state index is 0.209. The van der Waals surface area contributed by atoms with Crippen molar-refractivity contribution < 1.29 is 8.42 Å². The highest BCUT2D eigenvalue weighted by atomic mass is 32.2. The molecule has 0 amide bonds. The molecule has 1 N–H and O–H groups in total. The van der Waals surface area contributed by atoms with Crippen LogP contribution in [0.5, 0.6) is 0 Å². The summed E-state index contributed by atoms with van der Waals surface area (Å²) in [5.74, 6) is 0.498. The van der Waals surface area contributed by atoms with E-state index in [1.807, 2.05) is 13.8 Å². The first-order valence-corrected chi connectivity index (χ1v) is 7.96. The largest absolute Gasteiger partial charge is 0.313 e. The third kappa shape index (κ3) is 6.48. The molecule has 0 saturated heterocycles. The summed E-state index contributed by atoms with van der Waals surface area (Å²) in [7, 11) is -2.93. The summed E-state index contributed by atoms with van der Waals surface area (Å²) in [6.45, 7) is 10.5. The number of sulfone groups is 1. The van der Waals surface area contributed by atoms with Gasteiger partial charge in [0, 0.05) is 12.6 Å². The van der Waals surface area contributed by atoms with E-state index in [0.29, 0.717) is 12.6 Å². The van der Waals surface area contributed by atoms with Crippen molar-refractivity contribution >= 4 is 9.84 Å². The molecule has 0 rings (SSSR count). The maximum atomic E-state index is 11.9. The van der Waals surface area contributed by atoms with E-state index in [4.69, 9.17) is 0 Å². The maximum absolute atomic E-state index is 11.9. The van der Waals surface area contributed by atoms with Gasteiger partial charge in [-0.25, -0.2) is 8.42 Å². The second-order valence-electron chi connectivity index (χ2n) is 5.13. The minimum atomic E-state index is -2.93. The first kappa shape index (κ1) is 15.9. The van der Waals surface area contributed by atoms with Gasteiger partial charge in [-0.05, 0) is 26.2 Å². The van der Waals surface area contributed by atoms with Gasteiger partial charge in [-0.3, -0.25) is 0 Å². The molecule has 0 heterocycles. The van der Waals surface area contributed by atoms with E-state index in [0.717, 1.165) is 12.8 Å². The fourth-order valence-corrected chi connectivity index (χ4v) is 3.27. The Bertz CT molecular complexity index is 273. The van der Waals surface area contributed by atoms with Gasteiger partial charge >= 0.3 is 0 Å². The molecule has 4 heteroatoms. The number of hydrogen-bond acceptors (Lipinski definition) is 3. The van der Waals surface area contributed by atoms with E-state index in [1.165, 1.54) is 0 Å². The van der Waals surface area contributed by atoms with Gasteiger partial charge in [-0.2, -0.15) is 0 Å². The second-order valence-corrected chi connectivity index (χ2v) is 7.60. The quantitative estimate of drug-likeness (QED) is 0.717. The predicted molar refractivity (Wildman–Crippen MR) is 70.5 cm³/mol. The van der Waals surface area contributed by atoms with E-state index in [1.54, 1.807) is 6.92 Å². The summed E-state index contributed by atoms with van der Waals surface area (Å²) in [5, 5.41) is 3.00. The molecule has 0 radical (unpaired) electrons. The highest BCUT2D eigenvalue weighted by molar-refractivity contribution is 7.92. The molecule has 0 saturated carbocycles. The van der Waals surface area contributed by atoms with Crippen molar-refractivity contribution in [1.29, 1.82) is 0 Å². The van der Waals surface area contributed by atoms with Crippen LogP contribution in [-0.2, 0) is 9.84 Å². The minimum Gasteiger partial charge on any atom is -0.313 e. The summed E-state index contributed by atoms with van der Waals surface area (Å²) < 4.78 is 23.7. The lowest BCUT2D eigenvalue weighted by Gasteiger charge is -2.18. The van der Waals surface area contributed by atoms with Gasteiger partial charge in [0.05, 0.1) is 11.0 Å². The van der Waals surface area contributed by atoms with Gasteiger partial charge in [0.25, 0.3) is 0 Å². The Balaban J connectivity index is 4.10. The monoisotopic (exact) mass is 249 g/mol. The Morgan fingerprint density at radius 2 is 1.69 bits per heavy atom. The van der Waals surface area contributed by atoms with Gasteiger partial charge in [0.15, 0.2) is 9.84 Å². The third-order valence-electron chi connectivity index (χ3n) is 2.65. The fourth-order valence-electron chi connectivity index (χ4n) is 1.66. The zero-order valence-corrected chi connectivity index (χ0v) is 12.1. The van der Waals surface area contributed by atoms with Crippen LogP contribution < -0.4 is 5.32 Å². The number of rotatable bonds is 8. The first-order valence-electron chi connectivity index (χ1n) is 6.24. The Hall–Kier alpha value is -0.0900. The molecule has 0 fully saturated rings. The van der Waals surface area contributed by atoms with Crippen molar-refractivity contribution in [3.05, 3.63) is 0 Å². The van der Waals surface area contributed by atoms with Crippen LogP contribution in [0.4, 0.5) is 0 Å². The van der Waals surface area contributed by atoms with Crippen LogP contribution in [0.15, 0.2) is 0 Å². The van der Waals surface area contributed by atoms with Gasteiger partial charge in [-0.1, -0.05) is 27.2 Å². The molecule has 0 spiro atoms. The van der Waals surface area contributed by atoms with E-state index in [9.17, 15) is 8.42 Å². The molecule has 3 nitrogen and oxygen atoms in total. The Kier molecular flexibility index (Phi) is 7.24. The summed E-state index contributed by atoms with van der Waals surface area (Å²) >= 11 is 0. The van der Waals surface area contributed by atoms with Crippen molar-refractivity contribution in [2.45, 2.75) is 58.8 Å². The second kappa shape index (κ2) is 7.28. The standard InChI is InChI=1S/C12H27NO2S/c1-6-7-11(4)13-8-12(5)16(14,15)9-10(2)3/h10-13H,6-9H2,1-5H3. The third-order valence-corrected chi connectivity index (χ3v) is 5.18. The van der Waals surface area contributed by atoms with E-state index < -0.39 is 9.84 Å². The molecule has 0 aromatic carbocycles. The molecule has 2 atom stereocenters. The lowest BCUT2D eigenvalue weighted by molar-refractivity contribution is 0.499. The molecule has 0 aliphatic heterocycles. The lowest BCUT2D eigenvalue weighted by atomic mass is 10.2. The topological polar surface area (TPSA) is 46.2 Å². The van der Waals surface area contributed by atoms with Crippen molar-refractivity contribution in [3.8, 4) is 0 Å². The molecule has 0 aliphatic carbocycles. The van der Waals surface area contributed by atoms with Gasteiger partial charge in [0.1, 0.15) is 0 Å². The highest BCUT2D eigenvalue weighted by Gasteiger charge is 2.21. The van der Waals surface area contributed by atoms with Crippen molar-refractivity contribution in [2.75, 3.05) is 12.3 Å². The van der Waals surface area contributed by atoms with Crippen molar-refractivity contribution in [2.24, 2.45) is 5.92 Å². The molecule has 2 unspecified atom stereocenters. The van der Waals surface area contributed by atoms with E-state index in [2.05, 4.69) is 19.2 Å². The lowest BCUT2D eigenvalue weighted by Crippen LogP contribution is -2.37. The Morgan fingerprint density at radius 1 is 1.12 bits per heavy atom. The number of nitrogens with one attached hydrogen (secondary N) is 1. The summed E-state index contributed by atoms with van der Waals surface area (Å²) in [4.78, 5) is 0. The number of hydrogen-bond donors (Lipinski definition) is 1. The fraction of sp³-hybridized carbons (Fsp3) is 1.00. The van der Waals surface area contributed by atoms with Crippen molar-refractivity contribution in [1.82, 2.24) is 5.32 Å². The van der Waals surface area contributed by atoms with Crippen LogP contribution in [0.25, 0.3) is 0 Å². The van der Waals surface area contributed by atoms with Crippen LogP contribution in [0.3, 0.4) is 0 Å².